The quantitative estimate of drug-likeness (QED) is 0.332. The maximum atomic E-state index is 13.4. The number of amides is 2. The average Bonchev–Trinajstić information content (AvgIpc) is 2.85. The summed E-state index contributed by atoms with van der Waals surface area (Å²) >= 11 is 1.45. The molecule has 8 heteroatoms. The van der Waals surface area contributed by atoms with Crippen molar-refractivity contribution in [2.75, 3.05) is 5.75 Å². The highest BCUT2D eigenvalue weighted by molar-refractivity contribution is 7.99. The van der Waals surface area contributed by atoms with Crippen LogP contribution in [0.3, 0.4) is 0 Å². The van der Waals surface area contributed by atoms with Crippen LogP contribution in [-0.2, 0) is 21.9 Å². The van der Waals surface area contributed by atoms with E-state index in [4.69, 9.17) is 0 Å². The van der Waals surface area contributed by atoms with Crippen LogP contribution >= 0.6 is 11.8 Å². The molecule has 1 atom stereocenters. The fourth-order valence-corrected chi connectivity index (χ4v) is 5.39. The number of nitrogens with zero attached hydrogens (tertiary/aromatic N) is 2. The Morgan fingerprint density at radius 3 is 2.46 bits per heavy atom. The molecule has 0 spiro atoms. The Morgan fingerprint density at radius 2 is 1.83 bits per heavy atom. The van der Waals surface area contributed by atoms with Gasteiger partial charge < -0.3 is 10.2 Å². The van der Waals surface area contributed by atoms with Gasteiger partial charge in [0.05, 0.1) is 10.7 Å². The molecule has 3 rings (SSSR count). The number of benzene rings is 2. The molecule has 1 aliphatic carbocycles. The molecule has 2 aromatic carbocycles. The number of rotatable bonds is 11. The van der Waals surface area contributed by atoms with Crippen molar-refractivity contribution in [3.05, 3.63) is 75.3 Å². The van der Waals surface area contributed by atoms with Crippen molar-refractivity contribution in [1.82, 2.24) is 10.2 Å². The Bertz CT molecular complexity index is 1010. The number of carbonyl (C=O) groups excluding carboxylic acids is 2. The van der Waals surface area contributed by atoms with E-state index in [2.05, 4.69) is 11.4 Å². The molecule has 0 radical (unpaired) electrons. The standard InChI is InChI=1S/C27H35N3O4S/c1-3-25(27(32)28-23-10-5-4-6-11-23)29(17-22-9-7-8-20(2)16-22)26(31)19-35-18-21-12-14-24(15-13-21)30(33)34/h7-9,12-16,23,25H,3-6,10-11,17-19H2,1-2H3,(H,28,32)/t25-/m1/s1. The number of aryl methyl sites for hydroxylation is 1. The molecule has 2 amide bonds. The number of hydrogen-bond acceptors (Lipinski definition) is 5. The van der Waals surface area contributed by atoms with E-state index in [0.29, 0.717) is 18.7 Å². The SMILES string of the molecule is CC[C@H](C(=O)NC1CCCCC1)N(Cc1cccc(C)c1)C(=O)CSCc1ccc([N+](=O)[O-])cc1. The van der Waals surface area contributed by atoms with Gasteiger partial charge in [0, 0.05) is 30.5 Å². The minimum Gasteiger partial charge on any atom is -0.352 e. The van der Waals surface area contributed by atoms with Crippen LogP contribution in [0.4, 0.5) is 5.69 Å². The number of non-ortho nitro benzene ring substituents is 1. The number of carbonyl (C=O) groups is 2. The number of nitro groups is 1. The number of thioether (sulfide) groups is 1. The third-order valence-corrected chi connectivity index (χ3v) is 7.40. The van der Waals surface area contributed by atoms with Crippen molar-refractivity contribution in [1.29, 1.82) is 0 Å². The summed E-state index contributed by atoms with van der Waals surface area (Å²) in [6.07, 6.45) is 6.02. The fourth-order valence-electron chi connectivity index (χ4n) is 4.52. The van der Waals surface area contributed by atoms with Gasteiger partial charge in [0.25, 0.3) is 5.69 Å². The third kappa shape index (κ3) is 8.09. The van der Waals surface area contributed by atoms with Gasteiger partial charge in [-0.15, -0.1) is 11.8 Å². The summed E-state index contributed by atoms with van der Waals surface area (Å²) in [5.74, 6) is 0.646. The molecule has 0 bridgehead atoms. The molecule has 1 fully saturated rings. The van der Waals surface area contributed by atoms with Gasteiger partial charge in [0.2, 0.25) is 11.8 Å². The predicted molar refractivity (Wildman–Crippen MR) is 140 cm³/mol. The zero-order valence-electron chi connectivity index (χ0n) is 20.6. The molecule has 0 heterocycles. The van der Waals surface area contributed by atoms with Crippen LogP contribution in [0.25, 0.3) is 0 Å². The highest BCUT2D eigenvalue weighted by Gasteiger charge is 2.30. The van der Waals surface area contributed by atoms with Crippen LogP contribution in [0, 0.1) is 17.0 Å². The lowest BCUT2D eigenvalue weighted by Gasteiger charge is -2.33. The topological polar surface area (TPSA) is 92.6 Å². The summed E-state index contributed by atoms with van der Waals surface area (Å²) in [5.41, 5.74) is 3.08. The Labute approximate surface area is 211 Å². The van der Waals surface area contributed by atoms with E-state index in [1.54, 1.807) is 17.0 Å². The number of nitro benzene ring substituents is 1. The minimum atomic E-state index is -0.523. The van der Waals surface area contributed by atoms with E-state index in [1.807, 2.05) is 32.0 Å². The zero-order valence-corrected chi connectivity index (χ0v) is 21.4. The molecule has 1 saturated carbocycles. The summed E-state index contributed by atoms with van der Waals surface area (Å²) < 4.78 is 0. The molecular formula is C27H35N3O4S. The molecule has 7 nitrogen and oxygen atoms in total. The van der Waals surface area contributed by atoms with Gasteiger partial charge >= 0.3 is 0 Å². The molecule has 0 unspecified atom stereocenters. The van der Waals surface area contributed by atoms with Crippen molar-refractivity contribution >= 4 is 29.3 Å². The van der Waals surface area contributed by atoms with Gasteiger partial charge in [-0.25, -0.2) is 0 Å². The highest BCUT2D eigenvalue weighted by Crippen LogP contribution is 2.21. The molecule has 188 valence electrons. The van der Waals surface area contributed by atoms with Gasteiger partial charge in [-0.2, -0.15) is 0 Å². The smallest absolute Gasteiger partial charge is 0.269 e. The first-order valence-corrected chi connectivity index (χ1v) is 13.5. The van der Waals surface area contributed by atoms with Gasteiger partial charge in [0.15, 0.2) is 0 Å². The second kappa shape index (κ2) is 13.3. The first-order chi connectivity index (χ1) is 16.9. The van der Waals surface area contributed by atoms with E-state index in [0.717, 1.165) is 42.4 Å². The maximum Gasteiger partial charge on any atom is 0.269 e. The van der Waals surface area contributed by atoms with Crippen molar-refractivity contribution in [2.24, 2.45) is 0 Å². The molecular weight excluding hydrogens is 462 g/mol. The summed E-state index contributed by atoms with van der Waals surface area (Å²) in [6, 6.07) is 14.1. The van der Waals surface area contributed by atoms with E-state index in [9.17, 15) is 19.7 Å². The largest absolute Gasteiger partial charge is 0.352 e. The molecule has 0 aromatic heterocycles. The lowest BCUT2D eigenvalue weighted by molar-refractivity contribution is -0.384. The number of nitrogens with one attached hydrogen (secondary N) is 1. The van der Waals surface area contributed by atoms with E-state index in [1.165, 1.54) is 30.3 Å². The Hall–Kier alpha value is -2.87. The van der Waals surface area contributed by atoms with Crippen LogP contribution in [0.2, 0.25) is 0 Å². The normalized spacial score (nSPS) is 14.8. The lowest BCUT2D eigenvalue weighted by Crippen LogP contribution is -2.52. The maximum absolute atomic E-state index is 13.4. The van der Waals surface area contributed by atoms with Gasteiger partial charge in [0.1, 0.15) is 6.04 Å². The van der Waals surface area contributed by atoms with Crippen LogP contribution < -0.4 is 5.32 Å². The molecule has 2 aromatic rings. The van der Waals surface area contributed by atoms with E-state index < -0.39 is 11.0 Å². The van der Waals surface area contributed by atoms with Crippen LogP contribution in [0.5, 0.6) is 0 Å². The first-order valence-electron chi connectivity index (χ1n) is 12.3. The summed E-state index contributed by atoms with van der Waals surface area (Å²) in [7, 11) is 0. The lowest BCUT2D eigenvalue weighted by atomic mass is 9.95. The van der Waals surface area contributed by atoms with Crippen molar-refractivity contribution in [3.63, 3.8) is 0 Å². The second-order valence-corrected chi connectivity index (χ2v) is 10.2. The Balaban J connectivity index is 1.68. The Kier molecular flexibility index (Phi) is 10.1. The highest BCUT2D eigenvalue weighted by atomic mass is 32.2. The van der Waals surface area contributed by atoms with Gasteiger partial charge in [-0.05, 0) is 37.3 Å². The zero-order chi connectivity index (χ0) is 25.2. The van der Waals surface area contributed by atoms with Gasteiger partial charge in [-0.1, -0.05) is 68.1 Å². The molecule has 35 heavy (non-hydrogen) atoms. The summed E-state index contributed by atoms with van der Waals surface area (Å²) in [5, 5.41) is 14.1. The molecule has 0 aliphatic heterocycles. The second-order valence-electron chi connectivity index (χ2n) is 9.19. The summed E-state index contributed by atoms with van der Waals surface area (Å²) in [6.45, 7) is 4.35. The monoisotopic (exact) mass is 497 g/mol. The van der Waals surface area contributed by atoms with E-state index in [-0.39, 0.29) is 29.3 Å². The fraction of sp³-hybridized carbons (Fsp3) is 0.481. The van der Waals surface area contributed by atoms with E-state index >= 15 is 0 Å². The van der Waals surface area contributed by atoms with Crippen LogP contribution in [-0.4, -0.2) is 39.5 Å². The summed E-state index contributed by atoms with van der Waals surface area (Å²) in [4.78, 5) is 38.8. The predicted octanol–water partition coefficient (Wildman–Crippen LogP) is 5.39. The first kappa shape index (κ1) is 26.7. The molecule has 0 saturated heterocycles. The average molecular weight is 498 g/mol. The third-order valence-electron chi connectivity index (χ3n) is 6.41. The van der Waals surface area contributed by atoms with Crippen molar-refractivity contribution in [3.8, 4) is 0 Å². The van der Waals surface area contributed by atoms with Crippen molar-refractivity contribution in [2.45, 2.75) is 76.8 Å². The number of hydrogen-bond donors (Lipinski definition) is 1. The van der Waals surface area contributed by atoms with Crippen LogP contribution in [0.1, 0.15) is 62.1 Å². The Morgan fingerprint density at radius 1 is 1.11 bits per heavy atom. The van der Waals surface area contributed by atoms with Crippen LogP contribution in [0.15, 0.2) is 48.5 Å². The minimum absolute atomic E-state index is 0.0499. The molecule has 1 N–H and O–H groups in total. The van der Waals surface area contributed by atoms with Crippen molar-refractivity contribution < 1.29 is 14.5 Å². The van der Waals surface area contributed by atoms with Gasteiger partial charge in [-0.3, -0.25) is 19.7 Å². The molecule has 1 aliphatic rings.